The number of hydrogen-bond acceptors (Lipinski definition) is 4. The van der Waals surface area contributed by atoms with Gasteiger partial charge in [-0.25, -0.2) is 4.98 Å². The van der Waals surface area contributed by atoms with E-state index in [-0.39, 0.29) is 11.9 Å². The van der Waals surface area contributed by atoms with E-state index in [4.69, 9.17) is 0 Å². The average Bonchev–Trinajstić information content (AvgIpc) is 2.96. The molecule has 1 aliphatic rings. The molecule has 6 heteroatoms. The fraction of sp³-hybridized carbons (Fsp3) is 0.529. The second-order valence-corrected chi connectivity index (χ2v) is 7.15. The molecule has 2 heterocycles. The van der Waals surface area contributed by atoms with Gasteiger partial charge in [-0.3, -0.25) is 4.79 Å². The molecule has 0 saturated carbocycles. The summed E-state index contributed by atoms with van der Waals surface area (Å²) in [6.07, 6.45) is 3.79. The van der Waals surface area contributed by atoms with Crippen LogP contribution in [0, 0.1) is 0 Å². The Kier molecular flexibility index (Phi) is 5.56. The predicted octanol–water partition coefficient (Wildman–Crippen LogP) is 2.94. The maximum atomic E-state index is 12.2. The smallest absolute Gasteiger partial charge is 0.225 e. The lowest BCUT2D eigenvalue weighted by Gasteiger charge is -2.22. The number of benzene rings is 1. The van der Waals surface area contributed by atoms with Crippen molar-refractivity contribution in [2.24, 2.45) is 0 Å². The quantitative estimate of drug-likeness (QED) is 0.761. The number of nitrogens with zero attached hydrogens (tertiary/aromatic N) is 1. The molecule has 0 spiro atoms. The van der Waals surface area contributed by atoms with Gasteiger partial charge in [-0.15, -0.1) is 0 Å². The summed E-state index contributed by atoms with van der Waals surface area (Å²) in [5, 5.41) is 6.39. The van der Waals surface area contributed by atoms with Crippen molar-refractivity contribution in [1.82, 2.24) is 15.3 Å². The third kappa shape index (κ3) is 4.48. The molecule has 1 aromatic carbocycles. The monoisotopic (exact) mass is 332 g/mol. The van der Waals surface area contributed by atoms with E-state index in [2.05, 4.69) is 27.5 Å². The van der Waals surface area contributed by atoms with Crippen LogP contribution in [0.15, 0.2) is 18.2 Å². The molecule has 1 fully saturated rings. The lowest BCUT2D eigenvalue weighted by Crippen LogP contribution is -2.39. The van der Waals surface area contributed by atoms with Crippen LogP contribution >= 0.6 is 11.8 Å². The highest BCUT2D eigenvalue weighted by molar-refractivity contribution is 7.99. The molecular formula is C17H24N4OS. The summed E-state index contributed by atoms with van der Waals surface area (Å²) >= 11 is 1.91. The summed E-state index contributed by atoms with van der Waals surface area (Å²) in [6, 6.07) is 6.14. The van der Waals surface area contributed by atoms with Crippen LogP contribution in [0.2, 0.25) is 0 Å². The third-order valence-electron chi connectivity index (χ3n) is 4.01. The zero-order valence-corrected chi connectivity index (χ0v) is 14.3. The van der Waals surface area contributed by atoms with Crippen molar-refractivity contribution in [2.75, 3.05) is 23.4 Å². The Balaban J connectivity index is 1.61. The van der Waals surface area contributed by atoms with Crippen molar-refractivity contribution in [3.63, 3.8) is 0 Å². The van der Waals surface area contributed by atoms with Gasteiger partial charge in [0.15, 0.2) is 0 Å². The van der Waals surface area contributed by atoms with Gasteiger partial charge in [0.05, 0.1) is 11.0 Å². The topological polar surface area (TPSA) is 69.8 Å². The molecule has 1 unspecified atom stereocenters. The van der Waals surface area contributed by atoms with Crippen molar-refractivity contribution in [2.45, 2.75) is 38.6 Å². The van der Waals surface area contributed by atoms with E-state index in [9.17, 15) is 4.79 Å². The average molecular weight is 332 g/mol. The van der Waals surface area contributed by atoms with Gasteiger partial charge in [-0.2, -0.15) is 11.8 Å². The number of thioether (sulfide) groups is 1. The van der Waals surface area contributed by atoms with Gasteiger partial charge in [-0.1, -0.05) is 13.3 Å². The van der Waals surface area contributed by atoms with E-state index < -0.39 is 0 Å². The van der Waals surface area contributed by atoms with Crippen molar-refractivity contribution >= 4 is 34.4 Å². The molecular weight excluding hydrogens is 308 g/mol. The number of H-pyrrole nitrogens is 1. The molecule has 3 rings (SSSR count). The highest BCUT2D eigenvalue weighted by atomic mass is 32.2. The minimum absolute atomic E-state index is 0.0649. The largest absolute Gasteiger partial charge is 0.342 e. The van der Waals surface area contributed by atoms with E-state index in [1.165, 1.54) is 0 Å². The van der Waals surface area contributed by atoms with Crippen LogP contribution in [-0.2, 0) is 11.2 Å². The number of rotatable bonds is 6. The summed E-state index contributed by atoms with van der Waals surface area (Å²) in [6.45, 7) is 3.17. The molecule has 0 bridgehead atoms. The van der Waals surface area contributed by atoms with Crippen molar-refractivity contribution < 1.29 is 4.79 Å². The van der Waals surface area contributed by atoms with E-state index in [1.54, 1.807) is 0 Å². The number of nitrogens with one attached hydrogen (secondary N) is 3. The van der Waals surface area contributed by atoms with Crippen LogP contribution < -0.4 is 10.6 Å². The molecule has 3 N–H and O–H groups in total. The van der Waals surface area contributed by atoms with Crippen LogP contribution in [0.25, 0.3) is 11.0 Å². The number of aromatic nitrogens is 2. The minimum Gasteiger partial charge on any atom is -0.342 e. The molecule has 0 radical (unpaired) electrons. The van der Waals surface area contributed by atoms with Gasteiger partial charge < -0.3 is 15.6 Å². The number of fused-ring (bicyclic) bond motifs is 1. The first kappa shape index (κ1) is 16.3. The number of imidazole rings is 1. The van der Waals surface area contributed by atoms with Gasteiger partial charge in [0.2, 0.25) is 5.91 Å². The molecule has 0 aliphatic carbocycles. The molecule has 2 aromatic rings. The Labute approximate surface area is 141 Å². The normalized spacial score (nSPS) is 18.2. The molecule has 1 aromatic heterocycles. The highest BCUT2D eigenvalue weighted by Crippen LogP contribution is 2.19. The van der Waals surface area contributed by atoms with Crippen LogP contribution in [-0.4, -0.2) is 40.0 Å². The fourth-order valence-electron chi connectivity index (χ4n) is 2.79. The maximum Gasteiger partial charge on any atom is 0.225 e. The Morgan fingerprint density at radius 3 is 3.17 bits per heavy atom. The van der Waals surface area contributed by atoms with Crippen LogP contribution in [0.4, 0.5) is 5.69 Å². The molecule has 5 nitrogen and oxygen atoms in total. The molecule has 1 saturated heterocycles. The zero-order chi connectivity index (χ0) is 16.1. The molecule has 124 valence electrons. The lowest BCUT2D eigenvalue weighted by atomic mass is 10.2. The van der Waals surface area contributed by atoms with Gasteiger partial charge in [-0.05, 0) is 24.6 Å². The number of anilines is 1. The molecule has 1 aliphatic heterocycles. The van der Waals surface area contributed by atoms with E-state index in [1.807, 2.05) is 30.0 Å². The van der Waals surface area contributed by atoms with E-state index in [0.29, 0.717) is 6.42 Å². The summed E-state index contributed by atoms with van der Waals surface area (Å²) in [7, 11) is 0. The number of amides is 1. The van der Waals surface area contributed by atoms with Gasteiger partial charge in [0.25, 0.3) is 0 Å². The summed E-state index contributed by atoms with van der Waals surface area (Å²) in [5.74, 6) is 3.23. The first-order valence-electron chi connectivity index (χ1n) is 8.34. The van der Waals surface area contributed by atoms with Crippen LogP contribution in [0.1, 0.15) is 32.0 Å². The molecule has 23 heavy (non-hydrogen) atoms. The van der Waals surface area contributed by atoms with Crippen molar-refractivity contribution in [3.8, 4) is 0 Å². The number of aromatic amines is 1. The lowest BCUT2D eigenvalue weighted by molar-refractivity contribution is -0.116. The Morgan fingerprint density at radius 1 is 1.48 bits per heavy atom. The minimum atomic E-state index is 0.0649. The number of carbonyl (C=O) groups excluding carboxylic acids is 1. The number of aryl methyl sites for hydroxylation is 1. The van der Waals surface area contributed by atoms with Crippen LogP contribution in [0.5, 0.6) is 0 Å². The third-order valence-corrected chi connectivity index (χ3v) is 5.14. The van der Waals surface area contributed by atoms with Gasteiger partial charge in [0.1, 0.15) is 5.82 Å². The standard InChI is InChI=1S/C17H24N4OS/c1-2-3-4-16-20-14-6-5-12(9-15(14)21-16)19-17(22)10-13-11-23-8-7-18-13/h5-6,9,13,18H,2-4,7-8,10-11H2,1H3,(H,19,22)(H,20,21). The number of unbranched alkanes of at least 4 members (excludes halogenated alkanes) is 1. The number of hydrogen-bond donors (Lipinski definition) is 3. The SMILES string of the molecule is CCCCc1nc2ccc(NC(=O)CC3CSCCN3)cc2[nH]1. The first-order chi connectivity index (χ1) is 11.2. The second kappa shape index (κ2) is 7.84. The molecule has 1 amide bonds. The van der Waals surface area contributed by atoms with Gasteiger partial charge >= 0.3 is 0 Å². The first-order valence-corrected chi connectivity index (χ1v) is 9.49. The van der Waals surface area contributed by atoms with Crippen LogP contribution in [0.3, 0.4) is 0 Å². The van der Waals surface area contributed by atoms with E-state index in [0.717, 1.165) is 59.9 Å². The fourth-order valence-corrected chi connectivity index (χ4v) is 3.74. The maximum absolute atomic E-state index is 12.2. The predicted molar refractivity (Wildman–Crippen MR) is 97.1 cm³/mol. The summed E-state index contributed by atoms with van der Waals surface area (Å²) in [5.41, 5.74) is 2.77. The van der Waals surface area contributed by atoms with Crippen molar-refractivity contribution in [1.29, 1.82) is 0 Å². The summed E-state index contributed by atoms with van der Waals surface area (Å²) in [4.78, 5) is 20.1. The molecule has 1 atom stereocenters. The Hall–Kier alpha value is -1.53. The van der Waals surface area contributed by atoms with Gasteiger partial charge in [0, 0.05) is 42.6 Å². The highest BCUT2D eigenvalue weighted by Gasteiger charge is 2.16. The number of carbonyl (C=O) groups is 1. The van der Waals surface area contributed by atoms with E-state index >= 15 is 0 Å². The Morgan fingerprint density at radius 2 is 2.39 bits per heavy atom. The Bertz CT molecular complexity index is 664. The second-order valence-electron chi connectivity index (χ2n) is 6.00. The van der Waals surface area contributed by atoms with Crippen molar-refractivity contribution in [3.05, 3.63) is 24.0 Å². The zero-order valence-electron chi connectivity index (χ0n) is 13.5. The summed E-state index contributed by atoms with van der Waals surface area (Å²) < 4.78 is 0.